The second kappa shape index (κ2) is 5.83. The number of pyridine rings is 1. The lowest BCUT2D eigenvalue weighted by atomic mass is 10.1. The molecule has 0 aliphatic heterocycles. The van der Waals surface area contributed by atoms with Crippen LogP contribution in [0.3, 0.4) is 0 Å². The molecule has 0 radical (unpaired) electrons. The van der Waals surface area contributed by atoms with Crippen LogP contribution in [0.1, 0.15) is 11.1 Å². The average Bonchev–Trinajstić information content (AvgIpc) is 2.46. The fraction of sp³-hybridized carbons (Fsp3) is 0.125. The summed E-state index contributed by atoms with van der Waals surface area (Å²) in [4.78, 5) is 6.08. The van der Waals surface area contributed by atoms with Crippen molar-refractivity contribution in [2.45, 2.75) is 0 Å². The topological polar surface area (TPSA) is 39.9 Å². The van der Waals surface area contributed by atoms with Crippen LogP contribution < -0.4 is 4.90 Å². The van der Waals surface area contributed by atoms with E-state index in [2.05, 4.69) is 11.1 Å². The summed E-state index contributed by atoms with van der Waals surface area (Å²) in [5.74, 6) is 0. The first-order valence-electron chi connectivity index (χ1n) is 6.00. The van der Waals surface area contributed by atoms with E-state index in [1.807, 2.05) is 61.5 Å². The van der Waals surface area contributed by atoms with Crippen LogP contribution in [0, 0.1) is 11.3 Å². The Labute approximate surface area is 113 Å². The van der Waals surface area contributed by atoms with E-state index in [0.29, 0.717) is 5.57 Å². The van der Waals surface area contributed by atoms with E-state index in [0.717, 1.165) is 16.8 Å². The fourth-order valence-electron chi connectivity index (χ4n) is 1.74. The number of anilines is 1. The number of allylic oxidation sites excluding steroid dienone is 1. The summed E-state index contributed by atoms with van der Waals surface area (Å²) >= 11 is 0. The number of hydrogen-bond acceptors (Lipinski definition) is 3. The molecular formula is C16H15N3. The maximum atomic E-state index is 9.23. The minimum atomic E-state index is 0.616. The number of hydrogen-bond donors (Lipinski definition) is 0. The molecule has 0 saturated heterocycles. The molecule has 0 N–H and O–H groups in total. The van der Waals surface area contributed by atoms with Gasteiger partial charge in [0.2, 0.25) is 0 Å². The Hall–Kier alpha value is -2.60. The summed E-state index contributed by atoms with van der Waals surface area (Å²) in [7, 11) is 4.00. The number of nitriles is 1. The zero-order valence-electron chi connectivity index (χ0n) is 11.0. The van der Waals surface area contributed by atoms with Crippen LogP contribution in [0.5, 0.6) is 0 Å². The molecule has 2 rings (SSSR count). The summed E-state index contributed by atoms with van der Waals surface area (Å²) in [6.45, 7) is 0. The standard InChI is InChI=1S/C16H15N3/c1-19(2)16-7-5-13(6-8-16)10-15(11-17)14-4-3-9-18-12-14/h3-10,12H,1-2H3/b15-10-. The lowest BCUT2D eigenvalue weighted by molar-refractivity contribution is 1.13. The molecule has 19 heavy (non-hydrogen) atoms. The number of nitrogens with zero attached hydrogens (tertiary/aromatic N) is 3. The maximum Gasteiger partial charge on any atom is 0.0998 e. The molecule has 0 bridgehead atoms. The average molecular weight is 249 g/mol. The highest BCUT2D eigenvalue weighted by molar-refractivity contribution is 5.89. The van der Waals surface area contributed by atoms with Crippen LogP contribution in [0.15, 0.2) is 48.8 Å². The van der Waals surface area contributed by atoms with Gasteiger partial charge in [0, 0.05) is 37.7 Å². The molecule has 0 saturated carbocycles. The molecular weight excluding hydrogens is 234 g/mol. The van der Waals surface area contributed by atoms with Gasteiger partial charge in [-0.3, -0.25) is 4.98 Å². The van der Waals surface area contributed by atoms with Gasteiger partial charge in [-0.05, 0) is 29.8 Å². The predicted molar refractivity (Wildman–Crippen MR) is 78.5 cm³/mol. The molecule has 1 aromatic heterocycles. The van der Waals surface area contributed by atoms with Crippen LogP contribution in [-0.4, -0.2) is 19.1 Å². The van der Waals surface area contributed by atoms with Gasteiger partial charge in [0.1, 0.15) is 0 Å². The summed E-state index contributed by atoms with van der Waals surface area (Å²) in [6, 6.07) is 14.0. The molecule has 2 aromatic rings. The largest absolute Gasteiger partial charge is 0.378 e. The van der Waals surface area contributed by atoms with Crippen molar-refractivity contribution in [1.29, 1.82) is 5.26 Å². The molecule has 3 heteroatoms. The molecule has 94 valence electrons. The summed E-state index contributed by atoms with van der Waals surface area (Å²) in [5.41, 5.74) is 3.59. The highest BCUT2D eigenvalue weighted by atomic mass is 15.1. The van der Waals surface area contributed by atoms with Gasteiger partial charge in [-0.2, -0.15) is 5.26 Å². The van der Waals surface area contributed by atoms with E-state index in [-0.39, 0.29) is 0 Å². The van der Waals surface area contributed by atoms with Crippen LogP contribution >= 0.6 is 0 Å². The minimum absolute atomic E-state index is 0.616. The van der Waals surface area contributed by atoms with E-state index >= 15 is 0 Å². The third kappa shape index (κ3) is 3.20. The first-order chi connectivity index (χ1) is 9.20. The van der Waals surface area contributed by atoms with E-state index < -0.39 is 0 Å². The molecule has 1 aromatic carbocycles. The Bertz CT molecular complexity index is 605. The molecule has 0 aliphatic carbocycles. The van der Waals surface area contributed by atoms with E-state index in [1.54, 1.807) is 12.4 Å². The Morgan fingerprint density at radius 1 is 1.21 bits per heavy atom. The lowest BCUT2D eigenvalue weighted by Gasteiger charge is -2.11. The highest BCUT2D eigenvalue weighted by Gasteiger charge is 2.01. The van der Waals surface area contributed by atoms with Gasteiger partial charge >= 0.3 is 0 Å². The Kier molecular flexibility index (Phi) is 3.94. The Balaban J connectivity index is 2.31. The van der Waals surface area contributed by atoms with Crippen molar-refractivity contribution in [1.82, 2.24) is 4.98 Å². The van der Waals surface area contributed by atoms with Crippen molar-refractivity contribution in [3.8, 4) is 6.07 Å². The van der Waals surface area contributed by atoms with Crippen LogP contribution in [0.2, 0.25) is 0 Å². The normalized spacial score (nSPS) is 10.9. The predicted octanol–water partition coefficient (Wildman–Crippen LogP) is 3.21. The van der Waals surface area contributed by atoms with E-state index in [1.165, 1.54) is 0 Å². The van der Waals surface area contributed by atoms with Crippen LogP contribution in [0.25, 0.3) is 11.6 Å². The third-order valence-electron chi connectivity index (χ3n) is 2.81. The van der Waals surface area contributed by atoms with Crippen LogP contribution in [-0.2, 0) is 0 Å². The summed E-state index contributed by atoms with van der Waals surface area (Å²) in [5, 5.41) is 9.23. The van der Waals surface area contributed by atoms with E-state index in [4.69, 9.17) is 0 Å². The maximum absolute atomic E-state index is 9.23. The molecule has 0 atom stereocenters. The number of aromatic nitrogens is 1. The minimum Gasteiger partial charge on any atom is -0.378 e. The first-order valence-corrected chi connectivity index (χ1v) is 6.00. The molecule has 0 amide bonds. The molecule has 0 unspecified atom stereocenters. The molecule has 0 aliphatic rings. The molecule has 0 fully saturated rings. The molecule has 0 spiro atoms. The SMILES string of the molecule is CN(C)c1ccc(/C=C(/C#N)c2cccnc2)cc1. The zero-order valence-corrected chi connectivity index (χ0v) is 11.0. The molecule has 3 nitrogen and oxygen atoms in total. The van der Waals surface area contributed by atoms with Crippen molar-refractivity contribution >= 4 is 17.3 Å². The van der Waals surface area contributed by atoms with Gasteiger partial charge in [0.25, 0.3) is 0 Å². The van der Waals surface area contributed by atoms with Gasteiger partial charge in [0.05, 0.1) is 11.6 Å². The smallest absolute Gasteiger partial charge is 0.0998 e. The Morgan fingerprint density at radius 3 is 2.47 bits per heavy atom. The van der Waals surface area contributed by atoms with Crippen molar-refractivity contribution < 1.29 is 0 Å². The number of rotatable bonds is 3. The quantitative estimate of drug-likeness (QED) is 0.784. The van der Waals surface area contributed by atoms with Gasteiger partial charge in [-0.1, -0.05) is 18.2 Å². The fourth-order valence-corrected chi connectivity index (χ4v) is 1.74. The first kappa shape index (κ1) is 12.8. The molecule has 1 heterocycles. The monoisotopic (exact) mass is 249 g/mol. The van der Waals surface area contributed by atoms with Crippen molar-refractivity contribution in [3.05, 3.63) is 59.9 Å². The lowest BCUT2D eigenvalue weighted by Crippen LogP contribution is -2.07. The van der Waals surface area contributed by atoms with Gasteiger partial charge in [-0.15, -0.1) is 0 Å². The second-order valence-electron chi connectivity index (χ2n) is 4.40. The Morgan fingerprint density at radius 2 is 1.95 bits per heavy atom. The van der Waals surface area contributed by atoms with Gasteiger partial charge < -0.3 is 4.90 Å². The van der Waals surface area contributed by atoms with Crippen LogP contribution in [0.4, 0.5) is 5.69 Å². The second-order valence-corrected chi connectivity index (χ2v) is 4.40. The summed E-state index contributed by atoms with van der Waals surface area (Å²) < 4.78 is 0. The summed E-state index contributed by atoms with van der Waals surface area (Å²) in [6.07, 6.45) is 5.27. The van der Waals surface area contributed by atoms with Crippen molar-refractivity contribution in [2.75, 3.05) is 19.0 Å². The van der Waals surface area contributed by atoms with Gasteiger partial charge in [-0.25, -0.2) is 0 Å². The van der Waals surface area contributed by atoms with Crippen molar-refractivity contribution in [2.24, 2.45) is 0 Å². The highest BCUT2D eigenvalue weighted by Crippen LogP contribution is 2.18. The number of benzene rings is 1. The van der Waals surface area contributed by atoms with E-state index in [9.17, 15) is 5.26 Å². The zero-order chi connectivity index (χ0) is 13.7. The van der Waals surface area contributed by atoms with Crippen molar-refractivity contribution in [3.63, 3.8) is 0 Å². The van der Waals surface area contributed by atoms with Gasteiger partial charge in [0.15, 0.2) is 0 Å². The third-order valence-corrected chi connectivity index (χ3v) is 2.81.